The Morgan fingerprint density at radius 2 is 2.07 bits per heavy atom. The van der Waals surface area contributed by atoms with Gasteiger partial charge in [-0.1, -0.05) is 27.2 Å². The summed E-state index contributed by atoms with van der Waals surface area (Å²) >= 11 is 0. The molecule has 0 bridgehead atoms. The van der Waals surface area contributed by atoms with Gasteiger partial charge in [0, 0.05) is 7.05 Å². The van der Waals surface area contributed by atoms with Crippen LogP contribution in [0.2, 0.25) is 0 Å². The van der Waals surface area contributed by atoms with Crippen molar-refractivity contribution in [1.82, 2.24) is 10.2 Å². The maximum absolute atomic E-state index is 13.2. The smallest absolute Gasteiger partial charge is 0.255 e. The van der Waals surface area contributed by atoms with E-state index in [2.05, 4.69) is 5.32 Å². The van der Waals surface area contributed by atoms with Gasteiger partial charge < -0.3 is 25.1 Å². The van der Waals surface area contributed by atoms with Crippen LogP contribution < -0.4 is 11.1 Å². The van der Waals surface area contributed by atoms with E-state index >= 15 is 0 Å². The molecule has 0 aliphatic carbocycles. The van der Waals surface area contributed by atoms with Gasteiger partial charge in [-0.3, -0.25) is 19.2 Å². The topological polar surface area (TPSA) is 132 Å². The molecule has 1 aliphatic heterocycles. The van der Waals surface area contributed by atoms with Crippen molar-refractivity contribution < 1.29 is 28.3 Å². The van der Waals surface area contributed by atoms with E-state index in [9.17, 15) is 19.2 Å². The minimum atomic E-state index is -1.20. The average molecular weight is 393 g/mol. The molecule has 2 unspecified atom stereocenters. The van der Waals surface area contributed by atoms with Gasteiger partial charge in [-0.05, 0) is 17.9 Å². The summed E-state index contributed by atoms with van der Waals surface area (Å²) in [5.41, 5.74) is 5.33. The fourth-order valence-corrected chi connectivity index (χ4v) is 3.09. The molecule has 3 atom stereocenters. The summed E-state index contributed by atoms with van der Waals surface area (Å²) < 4.78 is 10.0. The van der Waals surface area contributed by atoms with Crippen LogP contribution in [0.5, 0.6) is 0 Å². The Morgan fingerprint density at radius 3 is 2.61 bits per heavy atom. The molecule has 1 fully saturated rings. The van der Waals surface area contributed by atoms with Crippen molar-refractivity contribution in [2.45, 2.75) is 51.8 Å². The lowest BCUT2D eigenvalue weighted by molar-refractivity contribution is -0.141. The molecular weight excluding hydrogens is 366 g/mol. The zero-order valence-electron chi connectivity index (χ0n) is 16.6. The van der Waals surface area contributed by atoms with E-state index in [-0.39, 0.29) is 17.6 Å². The number of ether oxygens (including phenoxy) is 1. The molecule has 1 saturated heterocycles. The van der Waals surface area contributed by atoms with Crippen molar-refractivity contribution in [2.75, 3.05) is 13.7 Å². The molecule has 1 aromatic rings. The number of hydrogen-bond acceptors (Lipinski definition) is 6. The summed E-state index contributed by atoms with van der Waals surface area (Å²) in [6.07, 6.45) is 2.56. The Morgan fingerprint density at radius 1 is 1.39 bits per heavy atom. The summed E-state index contributed by atoms with van der Waals surface area (Å²) in [5, 5.41) is 2.71. The molecule has 3 amide bonds. The van der Waals surface area contributed by atoms with Gasteiger partial charge in [0.1, 0.15) is 25.0 Å². The van der Waals surface area contributed by atoms with Crippen LogP contribution >= 0.6 is 0 Å². The van der Waals surface area contributed by atoms with Crippen LogP contribution in [0.15, 0.2) is 23.0 Å². The van der Waals surface area contributed by atoms with E-state index < -0.39 is 41.7 Å². The van der Waals surface area contributed by atoms with E-state index in [4.69, 9.17) is 14.9 Å². The highest BCUT2D eigenvalue weighted by Gasteiger charge is 2.45. The number of furan rings is 1. The molecule has 0 spiro atoms. The van der Waals surface area contributed by atoms with Gasteiger partial charge in [-0.25, -0.2) is 0 Å². The van der Waals surface area contributed by atoms with Crippen LogP contribution in [0.3, 0.4) is 0 Å². The first kappa shape index (κ1) is 21.6. The first-order chi connectivity index (χ1) is 13.1. The fraction of sp³-hybridized carbons (Fsp3) is 0.579. The number of nitrogens with one attached hydrogen (secondary N) is 1. The van der Waals surface area contributed by atoms with Crippen molar-refractivity contribution in [3.63, 3.8) is 0 Å². The van der Waals surface area contributed by atoms with Crippen LogP contribution in [-0.4, -0.2) is 60.2 Å². The Bertz CT molecular complexity index is 743. The van der Waals surface area contributed by atoms with Crippen molar-refractivity contribution in [3.8, 4) is 0 Å². The van der Waals surface area contributed by atoms with Gasteiger partial charge in [0.15, 0.2) is 11.9 Å². The van der Waals surface area contributed by atoms with Gasteiger partial charge in [0.2, 0.25) is 11.8 Å². The van der Waals surface area contributed by atoms with Gasteiger partial charge >= 0.3 is 0 Å². The van der Waals surface area contributed by atoms with Crippen molar-refractivity contribution in [2.24, 2.45) is 11.1 Å². The molecule has 1 aromatic heterocycles. The minimum absolute atomic E-state index is 0.246. The lowest BCUT2D eigenvalue weighted by Crippen LogP contribution is -2.56. The monoisotopic (exact) mass is 393 g/mol. The van der Waals surface area contributed by atoms with E-state index in [1.54, 1.807) is 0 Å². The molecule has 9 heteroatoms. The average Bonchev–Trinajstić information content (AvgIpc) is 3.29. The second-order valence-electron chi connectivity index (χ2n) is 7.75. The number of nitrogens with two attached hydrogens (primary N) is 1. The second kappa shape index (κ2) is 8.55. The number of rotatable bonds is 8. The van der Waals surface area contributed by atoms with Gasteiger partial charge in [0.05, 0.1) is 11.8 Å². The Balaban J connectivity index is 2.25. The fourth-order valence-electron chi connectivity index (χ4n) is 3.09. The zero-order valence-corrected chi connectivity index (χ0v) is 16.6. The summed E-state index contributed by atoms with van der Waals surface area (Å²) in [5.74, 6) is -2.18. The molecule has 1 aliphatic rings. The highest BCUT2D eigenvalue weighted by Crippen LogP contribution is 2.28. The summed E-state index contributed by atoms with van der Waals surface area (Å²) in [6.45, 7) is 5.66. The summed E-state index contributed by atoms with van der Waals surface area (Å²) in [7, 11) is 1.41. The van der Waals surface area contributed by atoms with Crippen molar-refractivity contribution >= 4 is 23.5 Å². The lowest BCUT2D eigenvalue weighted by Gasteiger charge is -2.33. The van der Waals surface area contributed by atoms with Crippen LogP contribution in [-0.2, 0) is 19.1 Å². The van der Waals surface area contributed by atoms with Gasteiger partial charge in [0.25, 0.3) is 5.91 Å². The maximum atomic E-state index is 13.2. The molecule has 0 saturated carbocycles. The number of amides is 3. The third kappa shape index (κ3) is 4.78. The Labute approximate surface area is 163 Å². The van der Waals surface area contributed by atoms with Crippen LogP contribution in [0.1, 0.15) is 44.0 Å². The molecule has 9 nitrogen and oxygen atoms in total. The molecule has 28 heavy (non-hydrogen) atoms. The van der Waals surface area contributed by atoms with Crippen LogP contribution in [0, 0.1) is 5.41 Å². The third-order valence-corrected chi connectivity index (χ3v) is 5.17. The second-order valence-corrected chi connectivity index (χ2v) is 7.75. The van der Waals surface area contributed by atoms with Crippen LogP contribution in [0.4, 0.5) is 0 Å². The molecular formula is C19H27N3O6. The lowest BCUT2D eigenvalue weighted by atomic mass is 9.82. The number of Topliss-reactive ketones (excluding diaryl/α,β-unsaturated/α-hetero) is 1. The standard InChI is InChI=1S/C19H27N3O6/c1-5-19(2,3)8-12(21-17(25)11-6-7-27-9-11)18(26)22(4)14-13(23)10-28-15(14)16(20)24/h6-7,9,12,14-15H,5,8,10H2,1-4H3,(H2,20,24)(H,21,25)/t12-,14?,15?/m0/s1. The van der Waals surface area contributed by atoms with Gasteiger partial charge in [-0.15, -0.1) is 0 Å². The molecule has 0 radical (unpaired) electrons. The van der Waals surface area contributed by atoms with E-state index in [1.807, 2.05) is 20.8 Å². The number of ketones is 1. The first-order valence-corrected chi connectivity index (χ1v) is 9.10. The Kier molecular flexibility index (Phi) is 6.60. The van der Waals surface area contributed by atoms with Crippen molar-refractivity contribution in [1.29, 1.82) is 0 Å². The van der Waals surface area contributed by atoms with E-state index in [0.29, 0.717) is 6.42 Å². The third-order valence-electron chi connectivity index (χ3n) is 5.17. The molecule has 3 N–H and O–H groups in total. The zero-order chi connectivity index (χ0) is 21.1. The number of carbonyl (C=O) groups excluding carboxylic acids is 4. The number of carbonyl (C=O) groups is 4. The quantitative estimate of drug-likeness (QED) is 0.660. The number of nitrogens with zero attached hydrogens (tertiary/aromatic N) is 1. The maximum Gasteiger partial charge on any atom is 0.255 e. The van der Waals surface area contributed by atoms with E-state index in [1.165, 1.54) is 25.6 Å². The Hall–Kier alpha value is -2.68. The summed E-state index contributed by atoms with van der Waals surface area (Å²) in [4.78, 5) is 50.6. The highest BCUT2D eigenvalue weighted by atomic mass is 16.5. The van der Waals surface area contributed by atoms with E-state index in [0.717, 1.165) is 11.3 Å². The molecule has 2 heterocycles. The SMILES string of the molecule is CCC(C)(C)C[C@H](NC(=O)c1ccoc1)C(=O)N(C)C1C(=O)COC1C(N)=O. The van der Waals surface area contributed by atoms with Crippen molar-refractivity contribution in [3.05, 3.63) is 24.2 Å². The number of primary amides is 1. The largest absolute Gasteiger partial charge is 0.472 e. The molecule has 0 aromatic carbocycles. The number of hydrogen-bond donors (Lipinski definition) is 2. The predicted octanol–water partition coefficient (Wildman–Crippen LogP) is 0.485. The highest BCUT2D eigenvalue weighted by molar-refractivity contribution is 6.00. The van der Waals surface area contributed by atoms with Crippen LogP contribution in [0.25, 0.3) is 0 Å². The molecule has 2 rings (SSSR count). The normalized spacial score (nSPS) is 20.6. The predicted molar refractivity (Wildman–Crippen MR) is 99.2 cm³/mol. The first-order valence-electron chi connectivity index (χ1n) is 9.10. The molecule has 154 valence electrons. The van der Waals surface area contributed by atoms with Gasteiger partial charge in [-0.2, -0.15) is 0 Å². The minimum Gasteiger partial charge on any atom is -0.472 e. The summed E-state index contributed by atoms with van der Waals surface area (Å²) in [6, 6.07) is -0.518. The number of likely N-dealkylation sites (N-methyl/N-ethyl adjacent to an activating group) is 1.